The number of ether oxygens (including phenoxy) is 2. The summed E-state index contributed by atoms with van der Waals surface area (Å²) in [6, 6.07) is 14.9. The van der Waals surface area contributed by atoms with E-state index in [0.29, 0.717) is 35.4 Å². The van der Waals surface area contributed by atoms with Crippen LogP contribution < -0.4 is 10.1 Å². The Bertz CT molecular complexity index is 1170. The Morgan fingerprint density at radius 1 is 1.06 bits per heavy atom. The molecular formula is C22H23N3O5S2. The molecule has 1 aromatic heterocycles. The highest BCUT2D eigenvalue weighted by molar-refractivity contribution is 7.90. The van der Waals surface area contributed by atoms with Gasteiger partial charge in [-0.05, 0) is 38.1 Å². The third kappa shape index (κ3) is 6.38. The van der Waals surface area contributed by atoms with Crippen molar-refractivity contribution in [3.05, 3.63) is 71.2 Å². The Kier molecular flexibility index (Phi) is 7.96. The molecule has 0 unspecified atom stereocenters. The minimum absolute atomic E-state index is 0.0360. The predicted octanol–water partition coefficient (Wildman–Crippen LogP) is 3.90. The van der Waals surface area contributed by atoms with Crippen LogP contribution in [0, 0.1) is 0 Å². The second kappa shape index (κ2) is 10.9. The van der Waals surface area contributed by atoms with Gasteiger partial charge in [0.05, 0.1) is 30.2 Å². The highest BCUT2D eigenvalue weighted by Gasteiger charge is 2.17. The van der Waals surface area contributed by atoms with Gasteiger partial charge >= 0.3 is 5.97 Å². The molecule has 0 aliphatic carbocycles. The fraction of sp³-hybridized carbons (Fsp3) is 0.227. The lowest BCUT2D eigenvalue weighted by atomic mass is 10.2. The molecule has 0 saturated carbocycles. The largest absolute Gasteiger partial charge is 0.494 e. The Morgan fingerprint density at radius 2 is 1.78 bits per heavy atom. The molecule has 0 bridgehead atoms. The first-order chi connectivity index (χ1) is 15.4. The van der Waals surface area contributed by atoms with Crippen LogP contribution in [0.1, 0.15) is 25.1 Å². The number of benzene rings is 2. The van der Waals surface area contributed by atoms with Gasteiger partial charge in [-0.3, -0.25) is 4.79 Å². The minimum atomic E-state index is -4.01. The van der Waals surface area contributed by atoms with E-state index >= 15 is 0 Å². The maximum absolute atomic E-state index is 13.0. The van der Waals surface area contributed by atoms with Crippen LogP contribution in [-0.4, -0.2) is 38.4 Å². The lowest BCUT2D eigenvalue weighted by Crippen LogP contribution is -2.16. The highest BCUT2D eigenvalue weighted by atomic mass is 32.2. The summed E-state index contributed by atoms with van der Waals surface area (Å²) in [7, 11) is -4.01. The van der Waals surface area contributed by atoms with Crippen molar-refractivity contribution in [2.75, 3.05) is 18.5 Å². The number of nitrogens with one attached hydrogen (secondary N) is 1. The Balaban J connectivity index is 1.89. The van der Waals surface area contributed by atoms with E-state index in [0.717, 1.165) is 0 Å². The van der Waals surface area contributed by atoms with Crippen molar-refractivity contribution in [1.82, 2.24) is 4.98 Å². The predicted molar refractivity (Wildman–Crippen MR) is 124 cm³/mol. The van der Waals surface area contributed by atoms with Crippen molar-refractivity contribution in [2.24, 2.45) is 4.40 Å². The minimum Gasteiger partial charge on any atom is -0.494 e. The molecule has 0 fully saturated rings. The summed E-state index contributed by atoms with van der Waals surface area (Å²) in [5.41, 5.74) is 1.10. The van der Waals surface area contributed by atoms with Gasteiger partial charge in [0.25, 0.3) is 10.0 Å². The molecular weight excluding hydrogens is 450 g/mol. The van der Waals surface area contributed by atoms with Gasteiger partial charge in [-0.2, -0.15) is 8.42 Å². The summed E-state index contributed by atoms with van der Waals surface area (Å²) < 4.78 is 40.2. The number of rotatable bonds is 9. The molecule has 0 aliphatic rings. The van der Waals surface area contributed by atoms with Crippen molar-refractivity contribution in [3.8, 4) is 5.75 Å². The molecule has 0 amide bonds. The lowest BCUT2D eigenvalue weighted by Gasteiger charge is -2.09. The summed E-state index contributed by atoms with van der Waals surface area (Å²) in [6.07, 6.45) is 0.0360. The molecule has 2 aromatic carbocycles. The van der Waals surface area contributed by atoms with Crippen molar-refractivity contribution in [3.63, 3.8) is 0 Å². The van der Waals surface area contributed by atoms with Crippen LogP contribution in [0.4, 0.5) is 5.13 Å². The molecule has 3 aromatic rings. The normalized spacial score (nSPS) is 11.8. The van der Waals surface area contributed by atoms with E-state index in [2.05, 4.69) is 14.7 Å². The Hall–Kier alpha value is -3.24. The van der Waals surface area contributed by atoms with Gasteiger partial charge in [-0.1, -0.05) is 30.3 Å². The van der Waals surface area contributed by atoms with Crippen molar-refractivity contribution >= 4 is 38.3 Å². The molecule has 1 N–H and O–H groups in total. The van der Waals surface area contributed by atoms with Crippen molar-refractivity contribution in [1.29, 1.82) is 0 Å². The smallest absolute Gasteiger partial charge is 0.311 e. The van der Waals surface area contributed by atoms with Crippen molar-refractivity contribution < 1.29 is 22.7 Å². The highest BCUT2D eigenvalue weighted by Crippen LogP contribution is 2.21. The molecule has 1 heterocycles. The third-order valence-corrected chi connectivity index (χ3v) is 6.20. The van der Waals surface area contributed by atoms with Crippen molar-refractivity contribution in [2.45, 2.75) is 25.2 Å². The zero-order valence-corrected chi connectivity index (χ0v) is 19.3. The number of hydrogen-bond acceptors (Lipinski definition) is 7. The molecule has 32 heavy (non-hydrogen) atoms. The number of aromatic nitrogens is 1. The summed E-state index contributed by atoms with van der Waals surface area (Å²) in [5.74, 6) is 0.324. The molecule has 0 radical (unpaired) electrons. The number of thiazole rings is 1. The van der Waals surface area contributed by atoms with Crippen LogP contribution in [0.2, 0.25) is 0 Å². The van der Waals surface area contributed by atoms with Gasteiger partial charge < -0.3 is 14.8 Å². The number of hydrogen-bond donors (Lipinski definition) is 1. The fourth-order valence-corrected chi connectivity index (χ4v) is 4.38. The molecule has 0 spiro atoms. The molecule has 3 rings (SSSR count). The summed E-state index contributed by atoms with van der Waals surface area (Å²) in [6.45, 7) is 4.36. The standard InChI is InChI=1S/C22H23N3O5S2/c1-3-29-18-10-12-19(13-11-18)32(27,28)25-21(16-8-6-5-7-9-16)24-22-23-17(15-31-22)14-20(26)30-4-2/h5-13,15H,3-4,14H2,1-2H3,(H,23,24,25). The average molecular weight is 474 g/mol. The van der Waals surface area contributed by atoms with Gasteiger partial charge in [-0.15, -0.1) is 15.7 Å². The lowest BCUT2D eigenvalue weighted by molar-refractivity contribution is -0.142. The van der Waals surface area contributed by atoms with E-state index in [1.807, 2.05) is 13.0 Å². The number of esters is 1. The van der Waals surface area contributed by atoms with E-state index in [-0.39, 0.29) is 23.1 Å². The van der Waals surface area contributed by atoms with Gasteiger partial charge in [0.1, 0.15) is 5.75 Å². The monoisotopic (exact) mass is 473 g/mol. The van der Waals surface area contributed by atoms with E-state index in [1.165, 1.54) is 23.5 Å². The van der Waals surface area contributed by atoms with E-state index in [9.17, 15) is 13.2 Å². The van der Waals surface area contributed by atoms with Crippen LogP contribution in [-0.2, 0) is 26.0 Å². The topological polar surface area (TPSA) is 107 Å². The first-order valence-corrected chi connectivity index (χ1v) is 12.2. The number of amidine groups is 1. The van der Waals surface area contributed by atoms with Crippen LogP contribution >= 0.6 is 11.3 Å². The fourth-order valence-electron chi connectivity index (χ4n) is 2.70. The molecule has 8 nitrogen and oxygen atoms in total. The molecule has 0 aliphatic heterocycles. The maximum atomic E-state index is 13.0. The van der Waals surface area contributed by atoms with Crippen LogP contribution in [0.3, 0.4) is 0 Å². The van der Waals surface area contributed by atoms with E-state index < -0.39 is 10.0 Å². The Morgan fingerprint density at radius 3 is 2.44 bits per heavy atom. The molecule has 0 atom stereocenters. The number of sulfonamides is 1. The number of nitrogens with zero attached hydrogens (tertiary/aromatic N) is 2. The van der Waals surface area contributed by atoms with E-state index in [1.54, 1.807) is 48.7 Å². The molecule has 168 valence electrons. The second-order valence-corrected chi connectivity index (χ2v) is 8.90. The average Bonchev–Trinajstić information content (AvgIpc) is 3.21. The number of carbonyl (C=O) groups is 1. The van der Waals surface area contributed by atoms with E-state index in [4.69, 9.17) is 9.47 Å². The van der Waals surface area contributed by atoms with Gasteiger partial charge in [-0.25, -0.2) is 4.98 Å². The first-order valence-electron chi connectivity index (χ1n) is 9.91. The molecule has 0 saturated heterocycles. The maximum Gasteiger partial charge on any atom is 0.311 e. The number of carbonyl (C=O) groups excluding carboxylic acids is 1. The molecule has 10 heteroatoms. The first kappa shape index (κ1) is 23.4. The van der Waals surface area contributed by atoms with Crippen LogP contribution in [0.5, 0.6) is 5.75 Å². The van der Waals surface area contributed by atoms with Gasteiger partial charge in [0.15, 0.2) is 11.0 Å². The SMILES string of the molecule is CCOC(=O)Cc1csc(NC(=NS(=O)(=O)c2ccc(OCC)cc2)c2ccccc2)n1. The summed E-state index contributed by atoms with van der Waals surface area (Å²) in [4.78, 5) is 16.1. The van der Waals surface area contributed by atoms with Gasteiger partial charge in [0, 0.05) is 10.9 Å². The van der Waals surface area contributed by atoms with Crippen LogP contribution in [0.25, 0.3) is 0 Å². The summed E-state index contributed by atoms with van der Waals surface area (Å²) >= 11 is 1.24. The van der Waals surface area contributed by atoms with Crippen LogP contribution in [0.15, 0.2) is 69.3 Å². The second-order valence-electron chi connectivity index (χ2n) is 6.44. The summed E-state index contributed by atoms with van der Waals surface area (Å²) in [5, 5.41) is 5.10. The third-order valence-electron chi connectivity index (χ3n) is 4.10. The zero-order valence-electron chi connectivity index (χ0n) is 17.6. The zero-order chi connectivity index (χ0) is 23.0. The van der Waals surface area contributed by atoms with Gasteiger partial charge in [0.2, 0.25) is 0 Å². The Labute approximate surface area is 191 Å². The quantitative estimate of drug-likeness (QED) is 0.285. The number of anilines is 1.